The number of rotatable bonds is 6. The number of halogens is 1. The summed E-state index contributed by atoms with van der Waals surface area (Å²) in [5.74, 6) is -0.196. The summed E-state index contributed by atoms with van der Waals surface area (Å²) < 4.78 is 5.79. The van der Waals surface area contributed by atoms with Gasteiger partial charge in [0.25, 0.3) is 0 Å². The highest BCUT2D eigenvalue weighted by atomic mass is 79.9. The lowest BCUT2D eigenvalue weighted by Crippen LogP contribution is -2.17. The second-order valence-corrected chi connectivity index (χ2v) is 6.85. The summed E-state index contributed by atoms with van der Waals surface area (Å²) in [7, 11) is 1.41. The maximum Gasteiger partial charge on any atom is 0.310 e. The van der Waals surface area contributed by atoms with E-state index in [1.54, 1.807) is 11.3 Å². The number of carbonyl (C=O) groups excluding carboxylic acids is 1. The highest BCUT2D eigenvalue weighted by Crippen LogP contribution is 2.24. The fourth-order valence-electron chi connectivity index (χ4n) is 2.02. The molecule has 0 spiro atoms. The van der Waals surface area contributed by atoms with E-state index < -0.39 is 0 Å². The minimum absolute atomic E-state index is 0.196. The number of thiophene rings is 1. The van der Waals surface area contributed by atoms with E-state index in [1.165, 1.54) is 17.6 Å². The van der Waals surface area contributed by atoms with Crippen molar-refractivity contribution in [2.75, 3.05) is 7.11 Å². The maximum absolute atomic E-state index is 11.2. The van der Waals surface area contributed by atoms with Crippen molar-refractivity contribution in [2.45, 2.75) is 25.9 Å². The van der Waals surface area contributed by atoms with Crippen LogP contribution in [0.1, 0.15) is 28.3 Å². The molecular weight excluding hydrogens is 350 g/mol. The van der Waals surface area contributed by atoms with E-state index in [1.807, 2.05) is 24.3 Å². The van der Waals surface area contributed by atoms with Gasteiger partial charge in [0.05, 0.1) is 13.5 Å². The molecule has 112 valence electrons. The summed E-state index contributed by atoms with van der Waals surface area (Å²) in [4.78, 5) is 13.5. The average molecular weight is 368 g/mol. The van der Waals surface area contributed by atoms with Gasteiger partial charge in [-0.1, -0.05) is 34.1 Å². The van der Waals surface area contributed by atoms with E-state index in [0.717, 1.165) is 15.9 Å². The lowest BCUT2D eigenvalue weighted by Gasteiger charge is -2.15. The average Bonchev–Trinajstić information content (AvgIpc) is 2.92. The molecule has 1 atom stereocenters. The van der Waals surface area contributed by atoms with Gasteiger partial charge in [0.1, 0.15) is 0 Å². The standard InChI is InChI=1S/C16H18BrNO2S/c1-11(14-5-3-4-6-15(14)17)18-10-13-8-7-12(21-13)9-16(19)20-2/h3-8,11,18H,9-10H2,1-2H3/t11-/m1/s1. The van der Waals surface area contributed by atoms with E-state index in [9.17, 15) is 4.79 Å². The first-order valence-electron chi connectivity index (χ1n) is 6.72. The lowest BCUT2D eigenvalue weighted by molar-refractivity contribution is -0.139. The van der Waals surface area contributed by atoms with Crippen molar-refractivity contribution in [3.8, 4) is 0 Å². The zero-order valence-electron chi connectivity index (χ0n) is 12.1. The summed E-state index contributed by atoms with van der Waals surface area (Å²) in [5.41, 5.74) is 1.24. The van der Waals surface area contributed by atoms with Crippen LogP contribution in [0.15, 0.2) is 40.9 Å². The Morgan fingerprint density at radius 2 is 2.00 bits per heavy atom. The quantitative estimate of drug-likeness (QED) is 0.781. The molecule has 1 aromatic carbocycles. The van der Waals surface area contributed by atoms with Crippen LogP contribution in [-0.2, 0) is 22.5 Å². The lowest BCUT2D eigenvalue weighted by atomic mass is 10.1. The molecule has 0 fully saturated rings. The smallest absolute Gasteiger partial charge is 0.310 e. The van der Waals surface area contributed by atoms with E-state index >= 15 is 0 Å². The predicted octanol–water partition coefficient (Wildman–Crippen LogP) is 4.08. The van der Waals surface area contributed by atoms with Crippen LogP contribution in [0.5, 0.6) is 0 Å². The molecule has 0 saturated carbocycles. The maximum atomic E-state index is 11.2. The third-order valence-electron chi connectivity index (χ3n) is 3.22. The Kier molecular flexibility index (Phi) is 5.96. The van der Waals surface area contributed by atoms with Crippen molar-refractivity contribution < 1.29 is 9.53 Å². The Labute approximate surface area is 137 Å². The number of methoxy groups -OCH3 is 1. The van der Waals surface area contributed by atoms with Crippen LogP contribution in [0.2, 0.25) is 0 Å². The molecule has 0 aliphatic rings. The number of nitrogens with one attached hydrogen (secondary N) is 1. The minimum Gasteiger partial charge on any atom is -0.469 e. The topological polar surface area (TPSA) is 38.3 Å². The second-order valence-electron chi connectivity index (χ2n) is 4.75. The minimum atomic E-state index is -0.196. The first-order valence-corrected chi connectivity index (χ1v) is 8.33. The van der Waals surface area contributed by atoms with E-state index in [0.29, 0.717) is 6.42 Å². The third kappa shape index (κ3) is 4.66. The van der Waals surface area contributed by atoms with Crippen LogP contribution in [0, 0.1) is 0 Å². The number of ether oxygens (including phenoxy) is 1. The Balaban J connectivity index is 1.91. The Hall–Kier alpha value is -1.17. The number of hydrogen-bond donors (Lipinski definition) is 1. The summed E-state index contributed by atoms with van der Waals surface area (Å²) in [6, 6.07) is 12.5. The Bertz CT molecular complexity index is 612. The van der Waals surface area contributed by atoms with Crippen molar-refractivity contribution in [1.29, 1.82) is 0 Å². The first-order chi connectivity index (χ1) is 10.1. The zero-order valence-corrected chi connectivity index (χ0v) is 14.5. The number of esters is 1. The Morgan fingerprint density at radius 1 is 1.29 bits per heavy atom. The van der Waals surface area contributed by atoms with Gasteiger partial charge in [-0.05, 0) is 30.7 Å². The summed E-state index contributed by atoms with van der Waals surface area (Å²) in [6.07, 6.45) is 0.348. The van der Waals surface area contributed by atoms with Gasteiger partial charge in [-0.2, -0.15) is 0 Å². The van der Waals surface area contributed by atoms with Crippen LogP contribution in [0.4, 0.5) is 0 Å². The van der Waals surface area contributed by atoms with Crippen LogP contribution in [0.3, 0.4) is 0 Å². The van der Waals surface area contributed by atoms with Crippen LogP contribution in [-0.4, -0.2) is 13.1 Å². The van der Waals surface area contributed by atoms with Gasteiger partial charge in [-0.3, -0.25) is 4.79 Å². The van der Waals surface area contributed by atoms with Crippen LogP contribution >= 0.6 is 27.3 Å². The van der Waals surface area contributed by atoms with Crippen molar-refractivity contribution in [3.63, 3.8) is 0 Å². The largest absolute Gasteiger partial charge is 0.469 e. The molecular formula is C16H18BrNO2S. The van der Waals surface area contributed by atoms with E-state index in [-0.39, 0.29) is 12.0 Å². The molecule has 1 heterocycles. The molecule has 0 bridgehead atoms. The molecule has 5 heteroatoms. The molecule has 2 rings (SSSR count). The molecule has 0 aliphatic heterocycles. The van der Waals surface area contributed by atoms with Crippen molar-refractivity contribution >= 4 is 33.2 Å². The van der Waals surface area contributed by atoms with Gasteiger partial charge in [-0.25, -0.2) is 0 Å². The predicted molar refractivity (Wildman–Crippen MR) is 89.4 cm³/mol. The Morgan fingerprint density at radius 3 is 2.71 bits per heavy atom. The second kappa shape index (κ2) is 7.73. The van der Waals surface area contributed by atoms with Gasteiger partial charge in [0, 0.05) is 26.8 Å². The fraction of sp³-hybridized carbons (Fsp3) is 0.312. The molecule has 2 aromatic rings. The molecule has 0 aliphatic carbocycles. The fourth-order valence-corrected chi connectivity index (χ4v) is 3.60. The number of carbonyl (C=O) groups is 1. The summed E-state index contributed by atoms with van der Waals surface area (Å²) in [6.45, 7) is 2.93. The summed E-state index contributed by atoms with van der Waals surface area (Å²) in [5, 5.41) is 3.50. The zero-order chi connectivity index (χ0) is 15.2. The molecule has 0 saturated heterocycles. The van der Waals surface area contributed by atoms with Gasteiger partial charge in [0.2, 0.25) is 0 Å². The third-order valence-corrected chi connectivity index (χ3v) is 5.03. The van der Waals surface area contributed by atoms with Gasteiger partial charge >= 0.3 is 5.97 Å². The van der Waals surface area contributed by atoms with Gasteiger partial charge < -0.3 is 10.1 Å². The van der Waals surface area contributed by atoms with Crippen molar-refractivity contribution in [2.24, 2.45) is 0 Å². The molecule has 3 nitrogen and oxygen atoms in total. The van der Waals surface area contributed by atoms with E-state index in [4.69, 9.17) is 0 Å². The monoisotopic (exact) mass is 367 g/mol. The van der Waals surface area contributed by atoms with E-state index in [2.05, 4.69) is 45.0 Å². The molecule has 21 heavy (non-hydrogen) atoms. The summed E-state index contributed by atoms with van der Waals surface area (Å²) >= 11 is 5.22. The van der Waals surface area contributed by atoms with Crippen molar-refractivity contribution in [3.05, 3.63) is 56.2 Å². The normalized spacial score (nSPS) is 12.1. The number of hydrogen-bond acceptors (Lipinski definition) is 4. The van der Waals surface area contributed by atoms with Crippen LogP contribution < -0.4 is 5.32 Å². The molecule has 0 radical (unpaired) electrons. The highest BCUT2D eigenvalue weighted by Gasteiger charge is 2.10. The SMILES string of the molecule is COC(=O)Cc1ccc(CN[C@H](C)c2ccccc2Br)s1. The van der Waals surface area contributed by atoms with Crippen molar-refractivity contribution in [1.82, 2.24) is 5.32 Å². The number of benzene rings is 1. The molecule has 0 unspecified atom stereocenters. The van der Waals surface area contributed by atoms with Crippen LogP contribution in [0.25, 0.3) is 0 Å². The van der Waals surface area contributed by atoms with Gasteiger partial charge in [-0.15, -0.1) is 11.3 Å². The molecule has 1 aromatic heterocycles. The molecule has 0 amide bonds. The van der Waals surface area contributed by atoms with Gasteiger partial charge in [0.15, 0.2) is 0 Å². The highest BCUT2D eigenvalue weighted by molar-refractivity contribution is 9.10. The first kappa shape index (κ1) is 16.2. The molecule has 1 N–H and O–H groups in total.